The van der Waals surface area contributed by atoms with Gasteiger partial charge in [-0.1, -0.05) is 296 Å². The van der Waals surface area contributed by atoms with Crippen LogP contribution in [0.4, 0.5) is 0 Å². The molecule has 11 heteroatoms. The van der Waals surface area contributed by atoms with Crippen LogP contribution in [0.1, 0.15) is 290 Å². The Morgan fingerprint density at radius 1 is 0.444 bits per heavy atom. The lowest BCUT2D eigenvalue weighted by molar-refractivity contribution is -0.305. The number of carbonyl (C=O) groups excluding carboxylic acids is 2. The van der Waals surface area contributed by atoms with Crippen molar-refractivity contribution in [3.63, 3.8) is 0 Å². The molecule has 1 aliphatic rings. The third-order valence-corrected chi connectivity index (χ3v) is 16.3. The molecule has 1 amide bonds. The van der Waals surface area contributed by atoms with E-state index in [1.54, 1.807) is 6.08 Å². The monoisotopic (exact) mass is 1260 g/mol. The lowest BCUT2D eigenvalue weighted by Gasteiger charge is -2.41. The Labute approximate surface area is 550 Å². The summed E-state index contributed by atoms with van der Waals surface area (Å²) in [5, 5.41) is 57.3. The lowest BCUT2D eigenvalue weighted by atomic mass is 9.99. The molecule has 0 radical (unpaired) electrons. The van der Waals surface area contributed by atoms with Crippen molar-refractivity contribution in [2.24, 2.45) is 0 Å². The van der Waals surface area contributed by atoms with Crippen molar-refractivity contribution in [2.75, 3.05) is 13.2 Å². The summed E-state index contributed by atoms with van der Waals surface area (Å²) in [4.78, 5) is 26.7. The third-order valence-electron chi connectivity index (χ3n) is 16.3. The van der Waals surface area contributed by atoms with Crippen molar-refractivity contribution in [1.29, 1.82) is 0 Å². The molecule has 0 aromatic rings. The average Bonchev–Trinajstić information content (AvgIpc) is 1.14. The molecular formula is C79H133NO10. The van der Waals surface area contributed by atoms with Crippen LogP contribution in [0.5, 0.6) is 0 Å². The topological polar surface area (TPSA) is 175 Å². The van der Waals surface area contributed by atoms with Crippen LogP contribution < -0.4 is 5.32 Å². The summed E-state index contributed by atoms with van der Waals surface area (Å²) < 4.78 is 17.7. The van der Waals surface area contributed by atoms with Gasteiger partial charge in [0.15, 0.2) is 12.4 Å². The number of ether oxygens (including phenoxy) is 3. The summed E-state index contributed by atoms with van der Waals surface area (Å²) in [5.41, 5.74) is 0. The van der Waals surface area contributed by atoms with Crippen molar-refractivity contribution in [1.82, 2.24) is 5.32 Å². The van der Waals surface area contributed by atoms with E-state index in [9.17, 15) is 35.1 Å². The van der Waals surface area contributed by atoms with E-state index in [2.05, 4.69) is 148 Å². The van der Waals surface area contributed by atoms with Crippen molar-refractivity contribution < 1.29 is 49.3 Å². The lowest BCUT2D eigenvalue weighted by Crippen LogP contribution is -2.61. The van der Waals surface area contributed by atoms with Crippen LogP contribution in [-0.2, 0) is 23.8 Å². The maximum atomic E-state index is 13.5. The number of carbonyl (C=O) groups is 2. The first-order chi connectivity index (χ1) is 44.2. The van der Waals surface area contributed by atoms with Crippen LogP contribution in [0.15, 0.2) is 134 Å². The number of hydrogen-bond acceptors (Lipinski definition) is 10. The first-order valence-corrected chi connectivity index (χ1v) is 36.5. The minimum Gasteiger partial charge on any atom is -0.454 e. The second-order valence-corrected chi connectivity index (χ2v) is 24.6. The number of aliphatic hydroxyl groups is 5. The maximum absolute atomic E-state index is 13.5. The Bertz CT molecular complexity index is 1980. The van der Waals surface area contributed by atoms with Crippen LogP contribution in [-0.4, -0.2) is 99.6 Å². The smallest absolute Gasteiger partial charge is 0.306 e. The van der Waals surface area contributed by atoms with Crippen molar-refractivity contribution in [3.8, 4) is 0 Å². The second kappa shape index (κ2) is 64.9. The molecule has 514 valence electrons. The second-order valence-electron chi connectivity index (χ2n) is 24.6. The standard InChI is InChI=1S/C79H133NO10/c1-4-7-10-13-16-19-22-25-27-29-31-33-35-36-37-38-39-41-43-45-47-49-52-55-58-61-64-67-74(84)90-77-76(86)75(85)73(68-81)89-79(77)88-69-70(71(82)65-62-59-56-53-50-24-21-18-15-12-9-6-3)80-78(87)72(83)66-63-60-57-54-51-48-46-44-42-40-34-32-30-28-26-23-20-17-14-11-8-5-2/h8,11,16-17,19-20,25-28,31-34,36-37,42,44,48,51,62,65,70-73,75-77,79,81-83,85-86H,4-7,9-10,12-15,18,21-24,29-30,35,38-41,43,45-47,49-50,52-61,63-64,66-69H2,1-3H3,(H,80,87)/b11-8-,19-16-,20-17-,27-25-,28-26-,33-31-,34-32-,37-36-,44-42-,51-48-,65-62+. The number of amides is 1. The van der Waals surface area contributed by atoms with Crippen molar-refractivity contribution in [2.45, 2.75) is 339 Å². The van der Waals surface area contributed by atoms with Crippen LogP contribution in [0.25, 0.3) is 0 Å². The number of aliphatic hydroxyl groups excluding tert-OH is 5. The third kappa shape index (κ3) is 51.3. The maximum Gasteiger partial charge on any atom is 0.306 e. The molecule has 90 heavy (non-hydrogen) atoms. The van der Waals surface area contributed by atoms with Gasteiger partial charge in [-0.2, -0.15) is 0 Å². The molecule has 0 bridgehead atoms. The average molecular weight is 1260 g/mol. The Balaban J connectivity index is 2.59. The number of hydrogen-bond donors (Lipinski definition) is 6. The number of unbranched alkanes of at least 4 members (excludes halogenated alkanes) is 27. The number of esters is 1. The minimum absolute atomic E-state index is 0.109. The van der Waals surface area contributed by atoms with Gasteiger partial charge >= 0.3 is 5.97 Å². The van der Waals surface area contributed by atoms with E-state index in [4.69, 9.17) is 14.2 Å². The quantitative estimate of drug-likeness (QED) is 0.0195. The van der Waals surface area contributed by atoms with Crippen molar-refractivity contribution >= 4 is 11.9 Å². The van der Waals surface area contributed by atoms with E-state index < -0.39 is 67.4 Å². The fourth-order valence-electron chi connectivity index (χ4n) is 10.6. The SMILES string of the molecule is CC/C=C\C/C=C\C/C=C\C/C=C\C/C=C\C/C=C\CCCCCC(O)C(=O)NC(COC1OC(CO)C(O)C(O)C1OC(=O)CCCCCCCCCCCCC/C=C\C/C=C\C/C=C\C/C=C\CCCCC)C(O)/C=C/CCCCCCCCCCCC. The highest BCUT2D eigenvalue weighted by Gasteiger charge is 2.47. The van der Waals surface area contributed by atoms with Gasteiger partial charge in [0, 0.05) is 6.42 Å². The van der Waals surface area contributed by atoms with Gasteiger partial charge in [-0.15, -0.1) is 0 Å². The van der Waals surface area contributed by atoms with Gasteiger partial charge in [-0.25, -0.2) is 0 Å². The van der Waals surface area contributed by atoms with Crippen molar-refractivity contribution in [3.05, 3.63) is 134 Å². The summed E-state index contributed by atoms with van der Waals surface area (Å²) in [6.07, 6.45) is 82.0. The van der Waals surface area contributed by atoms with E-state index in [0.29, 0.717) is 12.8 Å². The molecule has 1 fully saturated rings. The number of rotatable bonds is 61. The normalized spacial score (nSPS) is 18.9. The minimum atomic E-state index is -1.63. The zero-order valence-electron chi connectivity index (χ0n) is 57.2. The zero-order valence-corrected chi connectivity index (χ0v) is 57.2. The van der Waals surface area contributed by atoms with Crippen LogP contribution in [0.3, 0.4) is 0 Å². The van der Waals surface area contributed by atoms with Crippen LogP contribution in [0, 0.1) is 0 Å². The van der Waals surface area contributed by atoms with Gasteiger partial charge in [0.1, 0.15) is 24.4 Å². The first kappa shape index (κ1) is 83.8. The molecule has 6 N–H and O–H groups in total. The molecule has 0 aromatic carbocycles. The van der Waals surface area contributed by atoms with E-state index in [-0.39, 0.29) is 19.4 Å². The predicted molar refractivity (Wildman–Crippen MR) is 379 cm³/mol. The van der Waals surface area contributed by atoms with Gasteiger partial charge < -0.3 is 45.1 Å². The molecule has 8 unspecified atom stereocenters. The van der Waals surface area contributed by atoms with Gasteiger partial charge in [-0.05, 0) is 122 Å². The summed E-state index contributed by atoms with van der Waals surface area (Å²) in [6, 6.07) is -1.05. The molecule has 1 saturated heterocycles. The highest BCUT2D eigenvalue weighted by atomic mass is 16.7. The summed E-state index contributed by atoms with van der Waals surface area (Å²) in [5.74, 6) is -1.23. The predicted octanol–water partition coefficient (Wildman–Crippen LogP) is 19.1. The Kier molecular flexibility index (Phi) is 60.4. The Hall–Kier alpha value is -4.20. The Morgan fingerprint density at radius 2 is 0.800 bits per heavy atom. The molecular weight excluding hydrogens is 1120 g/mol. The van der Waals surface area contributed by atoms with E-state index in [1.165, 1.54) is 109 Å². The summed E-state index contributed by atoms with van der Waals surface area (Å²) >= 11 is 0. The molecule has 8 atom stereocenters. The molecule has 1 heterocycles. The summed E-state index contributed by atoms with van der Waals surface area (Å²) in [7, 11) is 0. The van der Waals surface area contributed by atoms with Gasteiger partial charge in [0.25, 0.3) is 0 Å². The fourth-order valence-corrected chi connectivity index (χ4v) is 10.6. The highest BCUT2D eigenvalue weighted by Crippen LogP contribution is 2.26. The number of nitrogens with one attached hydrogen (secondary N) is 1. The molecule has 1 aliphatic heterocycles. The largest absolute Gasteiger partial charge is 0.454 e. The van der Waals surface area contributed by atoms with Gasteiger partial charge in [0.05, 0.1) is 25.4 Å². The zero-order chi connectivity index (χ0) is 65.3. The molecule has 0 aliphatic carbocycles. The van der Waals surface area contributed by atoms with E-state index in [1.807, 2.05) is 6.08 Å². The number of allylic oxidation sites excluding steroid dienone is 21. The van der Waals surface area contributed by atoms with Crippen LogP contribution >= 0.6 is 0 Å². The van der Waals surface area contributed by atoms with Gasteiger partial charge in [-0.3, -0.25) is 9.59 Å². The molecule has 0 spiro atoms. The Morgan fingerprint density at radius 3 is 1.22 bits per heavy atom. The first-order valence-electron chi connectivity index (χ1n) is 36.5. The van der Waals surface area contributed by atoms with Gasteiger partial charge in [0.2, 0.25) is 5.91 Å². The van der Waals surface area contributed by atoms with Crippen LogP contribution in [0.2, 0.25) is 0 Å². The van der Waals surface area contributed by atoms with E-state index in [0.717, 1.165) is 135 Å². The molecule has 0 saturated carbocycles. The highest BCUT2D eigenvalue weighted by molar-refractivity contribution is 5.80. The molecule has 1 rings (SSSR count). The van der Waals surface area contributed by atoms with E-state index >= 15 is 0 Å². The molecule has 11 nitrogen and oxygen atoms in total. The fraction of sp³-hybridized carbons (Fsp3) is 0.696. The molecule has 0 aromatic heterocycles. The summed E-state index contributed by atoms with van der Waals surface area (Å²) in [6.45, 7) is 5.64.